The number of carboxylic acids is 1. The number of aromatic carboxylic acids is 1. The third-order valence-electron chi connectivity index (χ3n) is 4.56. The van der Waals surface area contributed by atoms with Crippen LogP contribution < -0.4 is 0 Å². The summed E-state index contributed by atoms with van der Waals surface area (Å²) in [4.78, 5) is 11.4. The second kappa shape index (κ2) is 6.97. The van der Waals surface area contributed by atoms with Gasteiger partial charge >= 0.3 is 5.97 Å². The van der Waals surface area contributed by atoms with Crippen LogP contribution in [0.15, 0.2) is 41.6 Å². The second-order valence-electron chi connectivity index (χ2n) is 6.16. The third-order valence-corrected chi connectivity index (χ3v) is 6.38. The first-order chi connectivity index (χ1) is 11.9. The molecule has 3 rings (SSSR count). The number of rotatable bonds is 5. The number of carboxylic acid groups (broad SMARTS) is 1. The van der Waals surface area contributed by atoms with Gasteiger partial charge in [-0.25, -0.2) is 13.2 Å². The van der Waals surface area contributed by atoms with E-state index in [1.54, 1.807) is 29.1 Å². The standard InChI is InChI=1S/C17H21N3O4S/c1-2-19-12-16(10-18-19)25(23,24)20-8-4-7-15(11-20)13-5-3-6-14(9-13)17(21)22/h3,5-6,9-10,12,15H,2,4,7-8,11H2,1H3,(H,21,22)/t15-/m1/s1. The molecular weight excluding hydrogens is 342 g/mol. The zero-order valence-corrected chi connectivity index (χ0v) is 14.8. The van der Waals surface area contributed by atoms with Gasteiger partial charge in [0, 0.05) is 25.8 Å². The molecule has 8 heteroatoms. The molecule has 1 aliphatic rings. The van der Waals surface area contributed by atoms with Crippen molar-refractivity contribution in [2.24, 2.45) is 0 Å². The van der Waals surface area contributed by atoms with Crippen molar-refractivity contribution in [2.75, 3.05) is 13.1 Å². The summed E-state index contributed by atoms with van der Waals surface area (Å²) in [7, 11) is -3.58. The normalized spacial score (nSPS) is 19.0. The molecule has 0 unspecified atom stereocenters. The molecule has 0 bridgehead atoms. The molecular formula is C17H21N3O4S. The van der Waals surface area contributed by atoms with E-state index in [0.29, 0.717) is 19.6 Å². The van der Waals surface area contributed by atoms with Crippen molar-refractivity contribution in [3.63, 3.8) is 0 Å². The fourth-order valence-corrected chi connectivity index (χ4v) is 4.64. The highest BCUT2D eigenvalue weighted by molar-refractivity contribution is 7.89. The lowest BCUT2D eigenvalue weighted by Gasteiger charge is -2.32. The Bertz CT molecular complexity index is 876. The van der Waals surface area contributed by atoms with E-state index in [1.165, 1.54) is 10.5 Å². The van der Waals surface area contributed by atoms with Gasteiger partial charge in [-0.2, -0.15) is 9.40 Å². The molecule has 0 saturated carbocycles. The van der Waals surface area contributed by atoms with Crippen molar-refractivity contribution >= 4 is 16.0 Å². The van der Waals surface area contributed by atoms with Gasteiger partial charge in [-0.15, -0.1) is 0 Å². The lowest BCUT2D eigenvalue weighted by Crippen LogP contribution is -2.39. The quantitative estimate of drug-likeness (QED) is 0.879. The van der Waals surface area contributed by atoms with Crippen LogP contribution in [-0.4, -0.2) is 46.7 Å². The summed E-state index contributed by atoms with van der Waals surface area (Å²) in [6.45, 7) is 3.33. The first kappa shape index (κ1) is 17.6. The van der Waals surface area contributed by atoms with Crippen LogP contribution in [0.4, 0.5) is 0 Å². The molecule has 2 aromatic rings. The van der Waals surface area contributed by atoms with E-state index in [9.17, 15) is 13.2 Å². The van der Waals surface area contributed by atoms with E-state index < -0.39 is 16.0 Å². The van der Waals surface area contributed by atoms with E-state index >= 15 is 0 Å². The number of benzene rings is 1. The lowest BCUT2D eigenvalue weighted by molar-refractivity contribution is 0.0696. The molecule has 1 atom stereocenters. The Labute approximate surface area is 146 Å². The van der Waals surface area contributed by atoms with E-state index in [2.05, 4.69) is 5.10 Å². The van der Waals surface area contributed by atoms with Crippen molar-refractivity contribution < 1.29 is 18.3 Å². The number of aryl methyl sites for hydroxylation is 1. The topological polar surface area (TPSA) is 92.5 Å². The highest BCUT2D eigenvalue weighted by Gasteiger charge is 2.31. The number of hydrogen-bond donors (Lipinski definition) is 1. The molecule has 0 radical (unpaired) electrons. The van der Waals surface area contributed by atoms with Gasteiger partial charge in [0.1, 0.15) is 4.90 Å². The Morgan fingerprint density at radius 1 is 1.40 bits per heavy atom. The zero-order valence-electron chi connectivity index (χ0n) is 14.0. The van der Waals surface area contributed by atoms with Crippen molar-refractivity contribution in [3.05, 3.63) is 47.8 Å². The van der Waals surface area contributed by atoms with E-state index in [0.717, 1.165) is 18.4 Å². The van der Waals surface area contributed by atoms with Crippen LogP contribution in [0.3, 0.4) is 0 Å². The van der Waals surface area contributed by atoms with Crippen LogP contribution >= 0.6 is 0 Å². The van der Waals surface area contributed by atoms with Gasteiger partial charge in [0.15, 0.2) is 0 Å². The molecule has 1 fully saturated rings. The second-order valence-corrected chi connectivity index (χ2v) is 8.10. The summed E-state index contributed by atoms with van der Waals surface area (Å²) in [6.07, 6.45) is 4.50. The number of carbonyl (C=O) groups is 1. The van der Waals surface area contributed by atoms with Crippen LogP contribution in [0.1, 0.15) is 41.6 Å². The van der Waals surface area contributed by atoms with Gasteiger partial charge in [-0.05, 0) is 43.4 Å². The average molecular weight is 363 g/mol. The van der Waals surface area contributed by atoms with Crippen molar-refractivity contribution in [3.8, 4) is 0 Å². The van der Waals surface area contributed by atoms with Crippen molar-refractivity contribution in [2.45, 2.75) is 37.1 Å². The summed E-state index contributed by atoms with van der Waals surface area (Å²) in [6, 6.07) is 6.75. The molecule has 2 heterocycles. The fourth-order valence-electron chi connectivity index (χ4n) is 3.16. The van der Waals surface area contributed by atoms with E-state index in [-0.39, 0.29) is 16.4 Å². The molecule has 0 amide bonds. The minimum atomic E-state index is -3.58. The average Bonchev–Trinajstić information content (AvgIpc) is 3.12. The van der Waals surface area contributed by atoms with Crippen LogP contribution in [0.25, 0.3) is 0 Å². The van der Waals surface area contributed by atoms with Crippen LogP contribution in [0.2, 0.25) is 0 Å². The van der Waals surface area contributed by atoms with Gasteiger partial charge < -0.3 is 5.11 Å². The number of sulfonamides is 1. The summed E-state index contributed by atoms with van der Waals surface area (Å²) < 4.78 is 28.8. The minimum Gasteiger partial charge on any atom is -0.478 e. The van der Waals surface area contributed by atoms with Gasteiger partial charge in [0.05, 0.1) is 11.8 Å². The first-order valence-electron chi connectivity index (χ1n) is 8.27. The molecule has 25 heavy (non-hydrogen) atoms. The number of hydrogen-bond acceptors (Lipinski definition) is 4. The molecule has 1 saturated heterocycles. The maximum atomic E-state index is 12.8. The molecule has 7 nitrogen and oxygen atoms in total. The summed E-state index contributed by atoms with van der Waals surface area (Å²) in [5.41, 5.74) is 1.09. The summed E-state index contributed by atoms with van der Waals surface area (Å²) >= 11 is 0. The largest absolute Gasteiger partial charge is 0.478 e. The van der Waals surface area contributed by atoms with Crippen molar-refractivity contribution in [1.82, 2.24) is 14.1 Å². The van der Waals surface area contributed by atoms with Crippen molar-refractivity contribution in [1.29, 1.82) is 0 Å². The van der Waals surface area contributed by atoms with Gasteiger partial charge in [-0.1, -0.05) is 12.1 Å². The smallest absolute Gasteiger partial charge is 0.335 e. The predicted octanol–water partition coefficient (Wildman–Crippen LogP) is 2.17. The third kappa shape index (κ3) is 3.59. The fraction of sp³-hybridized carbons (Fsp3) is 0.412. The van der Waals surface area contributed by atoms with Gasteiger partial charge in [0.25, 0.3) is 0 Å². The Kier molecular flexibility index (Phi) is 4.91. The maximum Gasteiger partial charge on any atom is 0.335 e. The Morgan fingerprint density at radius 2 is 2.20 bits per heavy atom. The molecule has 1 aromatic heterocycles. The number of nitrogens with zero attached hydrogens (tertiary/aromatic N) is 3. The van der Waals surface area contributed by atoms with Gasteiger partial charge in [0.2, 0.25) is 10.0 Å². The SMILES string of the molecule is CCn1cc(S(=O)(=O)N2CCC[C@@H](c3cccc(C(=O)O)c3)C2)cn1. The summed E-state index contributed by atoms with van der Waals surface area (Å²) in [5, 5.41) is 13.2. The Hall–Kier alpha value is -2.19. The monoisotopic (exact) mass is 363 g/mol. The molecule has 1 N–H and O–H groups in total. The predicted molar refractivity (Wildman–Crippen MR) is 92.0 cm³/mol. The molecule has 134 valence electrons. The van der Waals surface area contributed by atoms with Crippen LogP contribution in [0.5, 0.6) is 0 Å². The van der Waals surface area contributed by atoms with Crippen LogP contribution in [-0.2, 0) is 16.6 Å². The number of piperidine rings is 1. The highest BCUT2D eigenvalue weighted by atomic mass is 32.2. The molecule has 0 aliphatic carbocycles. The molecule has 1 aromatic carbocycles. The van der Waals surface area contributed by atoms with Crippen LogP contribution in [0, 0.1) is 0 Å². The number of aromatic nitrogens is 2. The zero-order chi connectivity index (χ0) is 18.0. The lowest BCUT2D eigenvalue weighted by atomic mass is 9.91. The van der Waals surface area contributed by atoms with Gasteiger partial charge in [-0.3, -0.25) is 4.68 Å². The minimum absolute atomic E-state index is 0.0101. The molecule has 0 spiro atoms. The first-order valence-corrected chi connectivity index (χ1v) is 9.71. The van der Waals surface area contributed by atoms with E-state index in [4.69, 9.17) is 5.11 Å². The Balaban J connectivity index is 1.83. The van der Waals surface area contributed by atoms with E-state index in [1.807, 2.05) is 13.0 Å². The highest BCUT2D eigenvalue weighted by Crippen LogP contribution is 2.30. The summed E-state index contributed by atoms with van der Waals surface area (Å²) in [5.74, 6) is -0.988. The Morgan fingerprint density at radius 3 is 2.88 bits per heavy atom. The maximum absolute atomic E-state index is 12.8. The molecule has 1 aliphatic heterocycles.